The quantitative estimate of drug-likeness (QED) is 0.602. The largest absolute Gasteiger partial charge is 0.256 e. The van der Waals surface area contributed by atoms with Crippen LogP contribution in [-0.4, -0.2) is 4.98 Å². The number of benzene rings is 2. The lowest BCUT2D eigenvalue weighted by Crippen LogP contribution is -1.94. The van der Waals surface area contributed by atoms with Gasteiger partial charge < -0.3 is 0 Å². The summed E-state index contributed by atoms with van der Waals surface area (Å²) in [4.78, 5) is 4.58. The van der Waals surface area contributed by atoms with Crippen LogP contribution in [0.4, 0.5) is 0 Å². The Labute approximate surface area is 138 Å². The average Bonchev–Trinajstić information content (AvgIpc) is 2.51. The summed E-state index contributed by atoms with van der Waals surface area (Å²) < 4.78 is 30.9. The Morgan fingerprint density at radius 1 is 1.09 bits per heavy atom. The molecular formula is C21H23N. The number of hydrogen-bond acceptors (Lipinski definition) is 1. The Balaban J connectivity index is 2.05. The van der Waals surface area contributed by atoms with E-state index in [2.05, 4.69) is 37.0 Å². The highest BCUT2D eigenvalue weighted by molar-refractivity contribution is 5.95. The SMILES string of the molecule is [2H]C([2H])([2H])C([2H])(C)Cc1ccc2c(-c3cc(C)cc(C)c3)nccc2c1. The van der Waals surface area contributed by atoms with E-state index < -0.39 is 12.7 Å². The van der Waals surface area contributed by atoms with Crippen molar-refractivity contribution in [2.75, 3.05) is 0 Å². The Hall–Kier alpha value is -2.15. The fraction of sp³-hybridized carbons (Fsp3) is 0.286. The highest BCUT2D eigenvalue weighted by atomic mass is 14.7. The van der Waals surface area contributed by atoms with Crippen LogP contribution in [0.25, 0.3) is 22.0 Å². The summed E-state index contributed by atoms with van der Waals surface area (Å²) in [5, 5.41) is 2.04. The maximum absolute atomic E-state index is 8.17. The van der Waals surface area contributed by atoms with Crippen LogP contribution in [0.3, 0.4) is 0 Å². The van der Waals surface area contributed by atoms with E-state index in [0.717, 1.165) is 27.6 Å². The molecule has 1 nitrogen and oxygen atoms in total. The number of hydrogen-bond donors (Lipinski definition) is 0. The molecule has 112 valence electrons. The van der Waals surface area contributed by atoms with Crippen molar-refractivity contribution in [3.63, 3.8) is 0 Å². The lowest BCUT2D eigenvalue weighted by atomic mass is 9.97. The minimum atomic E-state index is -2.32. The van der Waals surface area contributed by atoms with Crippen LogP contribution in [0.1, 0.15) is 35.9 Å². The van der Waals surface area contributed by atoms with E-state index in [4.69, 9.17) is 5.48 Å². The van der Waals surface area contributed by atoms with Gasteiger partial charge in [0, 0.05) is 22.6 Å². The van der Waals surface area contributed by atoms with Gasteiger partial charge in [-0.25, -0.2) is 0 Å². The zero-order chi connectivity index (χ0) is 19.1. The Morgan fingerprint density at radius 3 is 2.59 bits per heavy atom. The molecule has 1 heteroatoms. The van der Waals surface area contributed by atoms with E-state index in [1.807, 2.05) is 24.3 Å². The maximum atomic E-state index is 8.17. The van der Waals surface area contributed by atoms with E-state index in [-0.39, 0.29) is 6.42 Å². The summed E-state index contributed by atoms with van der Waals surface area (Å²) in [6.07, 6.45) is 1.96. The smallest absolute Gasteiger partial charge is 0.0780 e. The molecule has 0 saturated heterocycles. The van der Waals surface area contributed by atoms with Crippen molar-refractivity contribution in [1.29, 1.82) is 0 Å². The van der Waals surface area contributed by atoms with Crippen LogP contribution in [0.15, 0.2) is 48.7 Å². The molecule has 1 unspecified atom stereocenters. The van der Waals surface area contributed by atoms with E-state index in [1.54, 1.807) is 6.20 Å². The van der Waals surface area contributed by atoms with Crippen molar-refractivity contribution < 1.29 is 5.48 Å². The highest BCUT2D eigenvalue weighted by Crippen LogP contribution is 2.29. The van der Waals surface area contributed by atoms with Gasteiger partial charge in [0.1, 0.15) is 0 Å². The van der Waals surface area contributed by atoms with Crippen LogP contribution < -0.4 is 0 Å². The number of pyridine rings is 1. The number of rotatable bonds is 3. The molecule has 0 saturated carbocycles. The Morgan fingerprint density at radius 2 is 1.86 bits per heavy atom. The maximum Gasteiger partial charge on any atom is 0.0780 e. The van der Waals surface area contributed by atoms with Gasteiger partial charge in [0.15, 0.2) is 0 Å². The third-order valence-corrected chi connectivity index (χ3v) is 3.79. The summed E-state index contributed by atoms with van der Waals surface area (Å²) >= 11 is 0. The summed E-state index contributed by atoms with van der Waals surface area (Å²) in [7, 11) is 0. The van der Waals surface area contributed by atoms with E-state index in [9.17, 15) is 0 Å². The Bertz CT molecular complexity index is 938. The van der Waals surface area contributed by atoms with Crippen molar-refractivity contribution in [3.05, 3.63) is 65.4 Å². The van der Waals surface area contributed by atoms with Gasteiger partial charge in [0.05, 0.1) is 5.69 Å². The molecule has 0 aliphatic rings. The molecule has 1 aromatic heterocycles. The molecule has 3 rings (SSSR count). The second-order valence-electron chi connectivity index (χ2n) is 6.05. The number of fused-ring (bicyclic) bond motifs is 1. The van der Waals surface area contributed by atoms with Crippen molar-refractivity contribution in [3.8, 4) is 11.3 Å². The molecule has 0 spiro atoms. The van der Waals surface area contributed by atoms with Crippen LogP contribution in [0.5, 0.6) is 0 Å². The normalized spacial score (nSPS) is 17.2. The van der Waals surface area contributed by atoms with Gasteiger partial charge in [-0.15, -0.1) is 0 Å². The second-order valence-corrected chi connectivity index (χ2v) is 6.05. The molecule has 3 aromatic rings. The molecule has 0 fully saturated rings. The minimum absolute atomic E-state index is 0.181. The average molecular weight is 293 g/mol. The zero-order valence-corrected chi connectivity index (χ0v) is 13.3. The molecule has 2 aromatic carbocycles. The van der Waals surface area contributed by atoms with Crippen LogP contribution in [0.2, 0.25) is 0 Å². The van der Waals surface area contributed by atoms with Gasteiger partial charge in [0.25, 0.3) is 0 Å². The standard InChI is InChI=1S/C21H23N/c1-14(2)9-17-5-6-20-18(13-17)7-8-22-21(20)19-11-15(3)10-16(4)12-19/h5-8,10-14H,9H2,1-4H3/i1D3,14D. The fourth-order valence-corrected chi connectivity index (χ4v) is 2.98. The molecule has 0 aliphatic carbocycles. The third kappa shape index (κ3) is 3.04. The molecular weight excluding hydrogens is 266 g/mol. The predicted octanol–water partition coefficient (Wildman–Crippen LogP) is 5.72. The second kappa shape index (κ2) is 5.92. The topological polar surface area (TPSA) is 12.9 Å². The third-order valence-electron chi connectivity index (χ3n) is 3.79. The summed E-state index contributed by atoms with van der Waals surface area (Å²) in [6.45, 7) is 3.30. The van der Waals surface area contributed by atoms with Crippen molar-refractivity contribution >= 4 is 10.8 Å². The molecule has 22 heavy (non-hydrogen) atoms. The monoisotopic (exact) mass is 293 g/mol. The van der Waals surface area contributed by atoms with Gasteiger partial charge in [-0.05, 0) is 55.3 Å². The first kappa shape index (κ1) is 10.6. The molecule has 0 amide bonds. The summed E-state index contributed by atoms with van der Waals surface area (Å²) in [5.41, 5.74) is 5.24. The predicted molar refractivity (Wildman–Crippen MR) is 95.2 cm³/mol. The first-order valence-corrected chi connectivity index (χ1v) is 7.53. The van der Waals surface area contributed by atoms with Gasteiger partial charge in [-0.2, -0.15) is 0 Å². The molecule has 0 radical (unpaired) electrons. The number of aryl methyl sites for hydroxylation is 2. The van der Waals surface area contributed by atoms with Crippen LogP contribution >= 0.6 is 0 Å². The lowest BCUT2D eigenvalue weighted by molar-refractivity contribution is 0.648. The molecule has 0 aliphatic heterocycles. The molecule has 1 atom stereocenters. The Kier molecular flexibility index (Phi) is 2.84. The van der Waals surface area contributed by atoms with Gasteiger partial charge in [-0.3, -0.25) is 4.98 Å². The fourth-order valence-electron chi connectivity index (χ4n) is 2.98. The number of aromatic nitrogens is 1. The van der Waals surface area contributed by atoms with Crippen molar-refractivity contribution in [2.45, 2.75) is 34.0 Å². The molecule has 0 N–H and O–H groups in total. The van der Waals surface area contributed by atoms with Crippen molar-refractivity contribution in [1.82, 2.24) is 4.98 Å². The summed E-state index contributed by atoms with van der Waals surface area (Å²) in [6, 6.07) is 14.2. The van der Waals surface area contributed by atoms with Gasteiger partial charge >= 0.3 is 0 Å². The first-order chi connectivity index (χ1) is 12.1. The molecule has 0 bridgehead atoms. The van der Waals surface area contributed by atoms with Crippen LogP contribution in [0, 0.1) is 19.7 Å². The zero-order valence-electron chi connectivity index (χ0n) is 17.3. The van der Waals surface area contributed by atoms with Gasteiger partial charge in [-0.1, -0.05) is 49.2 Å². The van der Waals surface area contributed by atoms with E-state index >= 15 is 0 Å². The van der Waals surface area contributed by atoms with E-state index in [1.165, 1.54) is 18.1 Å². The summed E-state index contributed by atoms with van der Waals surface area (Å²) in [5.74, 6) is -1.51. The lowest BCUT2D eigenvalue weighted by Gasteiger charge is -2.10. The van der Waals surface area contributed by atoms with Crippen molar-refractivity contribution in [2.24, 2.45) is 5.89 Å². The van der Waals surface area contributed by atoms with Gasteiger partial charge in [0.2, 0.25) is 0 Å². The van der Waals surface area contributed by atoms with Crippen LogP contribution in [-0.2, 0) is 6.42 Å². The number of nitrogens with zero attached hydrogens (tertiary/aromatic N) is 1. The highest BCUT2D eigenvalue weighted by Gasteiger charge is 2.08. The molecule has 1 heterocycles. The first-order valence-electron chi connectivity index (χ1n) is 9.53. The van der Waals surface area contributed by atoms with E-state index in [0.29, 0.717) is 0 Å². The minimum Gasteiger partial charge on any atom is -0.256 e.